The van der Waals surface area contributed by atoms with Gasteiger partial charge in [0.1, 0.15) is 0 Å². The van der Waals surface area contributed by atoms with E-state index in [4.69, 9.17) is 10.5 Å². The van der Waals surface area contributed by atoms with Crippen LogP contribution in [0.15, 0.2) is 30.3 Å². The number of rotatable bonds is 5. The van der Waals surface area contributed by atoms with Gasteiger partial charge in [0.2, 0.25) is 11.9 Å². The van der Waals surface area contributed by atoms with E-state index < -0.39 is 6.10 Å². The number of hydrogen-bond acceptors (Lipinski definition) is 7. The quantitative estimate of drug-likeness (QED) is 0.817. The van der Waals surface area contributed by atoms with Gasteiger partial charge in [-0.25, -0.2) is 0 Å². The number of nitrogens with zero attached hydrogens (tertiary/aromatic N) is 3. The summed E-state index contributed by atoms with van der Waals surface area (Å²) in [6, 6.07) is 9.44. The van der Waals surface area contributed by atoms with Crippen molar-refractivity contribution in [2.24, 2.45) is 5.92 Å². The van der Waals surface area contributed by atoms with Crippen molar-refractivity contribution in [2.45, 2.75) is 26.9 Å². The normalized spacial score (nSPS) is 12.0. The van der Waals surface area contributed by atoms with Gasteiger partial charge >= 0.3 is 5.97 Å². The Labute approximate surface area is 129 Å². The Bertz CT molecular complexity index is 646. The maximum Gasteiger partial charge on any atom is 0.309 e. The molecule has 7 heteroatoms. The summed E-state index contributed by atoms with van der Waals surface area (Å²) in [7, 11) is 0. The van der Waals surface area contributed by atoms with Crippen LogP contribution in [0.25, 0.3) is 0 Å². The Morgan fingerprint density at radius 2 is 1.82 bits per heavy atom. The van der Waals surface area contributed by atoms with Crippen molar-refractivity contribution in [3.05, 3.63) is 36.2 Å². The van der Waals surface area contributed by atoms with Crippen molar-refractivity contribution in [1.29, 1.82) is 0 Å². The fraction of sp³-hybridized carbons (Fsp3) is 0.333. The Morgan fingerprint density at radius 1 is 1.14 bits per heavy atom. The van der Waals surface area contributed by atoms with Gasteiger partial charge in [0.05, 0.1) is 5.92 Å². The van der Waals surface area contributed by atoms with Crippen LogP contribution in [-0.2, 0) is 9.53 Å². The third-order valence-electron chi connectivity index (χ3n) is 2.83. The molecule has 0 unspecified atom stereocenters. The molecule has 0 amide bonds. The van der Waals surface area contributed by atoms with Gasteiger partial charge in [-0.3, -0.25) is 4.79 Å². The van der Waals surface area contributed by atoms with E-state index in [0.717, 1.165) is 5.69 Å². The molecule has 0 saturated carbocycles. The molecule has 1 aromatic carbocycles. The van der Waals surface area contributed by atoms with Crippen molar-refractivity contribution in [1.82, 2.24) is 15.0 Å². The monoisotopic (exact) mass is 301 g/mol. The fourth-order valence-electron chi connectivity index (χ4n) is 1.66. The smallest absolute Gasteiger partial charge is 0.309 e. The first-order valence-electron chi connectivity index (χ1n) is 6.99. The first-order valence-corrected chi connectivity index (χ1v) is 6.99. The lowest BCUT2D eigenvalue weighted by molar-refractivity contribution is -0.152. The van der Waals surface area contributed by atoms with E-state index in [1.54, 1.807) is 20.8 Å². The van der Waals surface area contributed by atoms with Gasteiger partial charge in [0.15, 0.2) is 11.9 Å². The van der Waals surface area contributed by atoms with Crippen molar-refractivity contribution < 1.29 is 9.53 Å². The number of carbonyl (C=O) groups excluding carboxylic acids is 1. The largest absolute Gasteiger partial charge is 0.454 e. The number of esters is 1. The van der Waals surface area contributed by atoms with E-state index >= 15 is 0 Å². The number of benzene rings is 1. The summed E-state index contributed by atoms with van der Waals surface area (Å²) in [6.07, 6.45) is -0.600. The highest BCUT2D eigenvalue weighted by molar-refractivity contribution is 5.71. The minimum atomic E-state index is -0.600. The predicted molar refractivity (Wildman–Crippen MR) is 83.3 cm³/mol. The van der Waals surface area contributed by atoms with E-state index in [1.165, 1.54) is 0 Å². The molecule has 0 radical (unpaired) electrons. The molecule has 22 heavy (non-hydrogen) atoms. The third kappa shape index (κ3) is 4.15. The molecule has 0 spiro atoms. The average Bonchev–Trinajstić information content (AvgIpc) is 2.47. The molecule has 1 aromatic heterocycles. The first-order chi connectivity index (χ1) is 10.5. The highest BCUT2D eigenvalue weighted by atomic mass is 16.5. The zero-order chi connectivity index (χ0) is 16.1. The number of carbonyl (C=O) groups is 1. The molecule has 2 rings (SSSR count). The Kier molecular flexibility index (Phi) is 4.88. The number of nitrogens with one attached hydrogen (secondary N) is 1. The average molecular weight is 301 g/mol. The number of para-hydroxylation sites is 1. The van der Waals surface area contributed by atoms with E-state index in [0.29, 0.717) is 11.8 Å². The Morgan fingerprint density at radius 3 is 2.45 bits per heavy atom. The summed E-state index contributed by atoms with van der Waals surface area (Å²) >= 11 is 0. The fourth-order valence-corrected chi connectivity index (χ4v) is 1.66. The van der Waals surface area contributed by atoms with Crippen LogP contribution in [0.1, 0.15) is 32.7 Å². The second-order valence-corrected chi connectivity index (χ2v) is 5.10. The summed E-state index contributed by atoms with van der Waals surface area (Å²) < 4.78 is 5.28. The lowest BCUT2D eigenvalue weighted by atomic mass is 10.2. The third-order valence-corrected chi connectivity index (χ3v) is 2.83. The van der Waals surface area contributed by atoms with Gasteiger partial charge < -0.3 is 15.8 Å². The highest BCUT2D eigenvalue weighted by Gasteiger charge is 2.18. The number of nitrogens with two attached hydrogens (primary N) is 1. The van der Waals surface area contributed by atoms with Gasteiger partial charge in [-0.2, -0.15) is 15.0 Å². The second-order valence-electron chi connectivity index (χ2n) is 5.10. The zero-order valence-corrected chi connectivity index (χ0v) is 12.8. The van der Waals surface area contributed by atoms with Gasteiger partial charge in [-0.1, -0.05) is 32.0 Å². The summed E-state index contributed by atoms with van der Waals surface area (Å²) in [6.45, 7) is 5.22. The maximum absolute atomic E-state index is 11.6. The number of anilines is 3. The van der Waals surface area contributed by atoms with Crippen LogP contribution in [0.5, 0.6) is 0 Å². The van der Waals surface area contributed by atoms with Gasteiger partial charge in [-0.15, -0.1) is 0 Å². The number of aromatic nitrogens is 3. The molecule has 0 aliphatic rings. The number of hydrogen-bond donors (Lipinski definition) is 2. The maximum atomic E-state index is 11.6. The van der Waals surface area contributed by atoms with Crippen LogP contribution in [0.2, 0.25) is 0 Å². The summed E-state index contributed by atoms with van der Waals surface area (Å²) in [5.74, 6) is 0.143. The molecule has 2 aromatic rings. The molecule has 0 aliphatic heterocycles. The second kappa shape index (κ2) is 6.84. The molecule has 1 heterocycles. The molecule has 116 valence electrons. The van der Waals surface area contributed by atoms with Gasteiger partial charge in [0.25, 0.3) is 0 Å². The molecule has 0 fully saturated rings. The van der Waals surface area contributed by atoms with Gasteiger partial charge in [0, 0.05) is 5.69 Å². The van der Waals surface area contributed by atoms with Crippen molar-refractivity contribution >= 4 is 23.6 Å². The van der Waals surface area contributed by atoms with Crippen LogP contribution in [0.3, 0.4) is 0 Å². The van der Waals surface area contributed by atoms with E-state index in [1.807, 2.05) is 30.3 Å². The molecule has 0 aliphatic carbocycles. The SMILES string of the molecule is CC(C)C(=O)O[C@H](C)c1nc(N)nc(Nc2ccccc2)n1. The van der Waals surface area contributed by atoms with Crippen LogP contribution in [0, 0.1) is 5.92 Å². The van der Waals surface area contributed by atoms with Crippen molar-refractivity contribution in [3.63, 3.8) is 0 Å². The predicted octanol–water partition coefficient (Wildman–Crippen LogP) is 2.46. The van der Waals surface area contributed by atoms with Crippen LogP contribution < -0.4 is 11.1 Å². The minimum Gasteiger partial charge on any atom is -0.454 e. The van der Waals surface area contributed by atoms with Crippen LogP contribution >= 0.6 is 0 Å². The summed E-state index contributed by atoms with van der Waals surface area (Å²) in [4.78, 5) is 24.0. The topological polar surface area (TPSA) is 103 Å². The Hall–Kier alpha value is -2.70. The summed E-state index contributed by atoms with van der Waals surface area (Å²) in [5.41, 5.74) is 6.52. The van der Waals surface area contributed by atoms with Crippen LogP contribution in [-0.4, -0.2) is 20.9 Å². The molecule has 3 N–H and O–H groups in total. The first kappa shape index (κ1) is 15.7. The lowest BCUT2D eigenvalue weighted by Crippen LogP contribution is -2.17. The molecule has 0 bridgehead atoms. The Balaban J connectivity index is 2.17. The molecule has 0 saturated heterocycles. The van der Waals surface area contributed by atoms with Crippen LogP contribution in [0.4, 0.5) is 17.6 Å². The lowest BCUT2D eigenvalue weighted by Gasteiger charge is -2.14. The van der Waals surface area contributed by atoms with E-state index in [9.17, 15) is 4.79 Å². The van der Waals surface area contributed by atoms with Gasteiger partial charge in [-0.05, 0) is 19.1 Å². The minimum absolute atomic E-state index is 0.0656. The highest BCUT2D eigenvalue weighted by Crippen LogP contribution is 2.18. The summed E-state index contributed by atoms with van der Waals surface area (Å²) in [5, 5.41) is 3.03. The molecular weight excluding hydrogens is 282 g/mol. The van der Waals surface area contributed by atoms with E-state index in [2.05, 4.69) is 20.3 Å². The molecule has 7 nitrogen and oxygen atoms in total. The van der Waals surface area contributed by atoms with E-state index in [-0.39, 0.29) is 17.8 Å². The molecule has 1 atom stereocenters. The van der Waals surface area contributed by atoms with Crippen molar-refractivity contribution in [3.8, 4) is 0 Å². The number of ether oxygens (including phenoxy) is 1. The number of nitrogen functional groups attached to an aromatic ring is 1. The molecular formula is C15H19N5O2. The standard InChI is InChI=1S/C15H19N5O2/c1-9(2)13(21)22-10(3)12-18-14(16)20-15(19-12)17-11-7-5-4-6-8-11/h4-10H,1-3H3,(H3,16,17,18,19,20)/t10-/m1/s1. The van der Waals surface area contributed by atoms with Crippen molar-refractivity contribution in [2.75, 3.05) is 11.1 Å². The zero-order valence-electron chi connectivity index (χ0n) is 12.8.